The predicted octanol–water partition coefficient (Wildman–Crippen LogP) is 4.44. The van der Waals surface area contributed by atoms with Crippen LogP contribution in [0.2, 0.25) is 0 Å². The van der Waals surface area contributed by atoms with Crippen molar-refractivity contribution in [3.05, 3.63) is 63.6 Å². The zero-order valence-corrected chi connectivity index (χ0v) is 13.3. The summed E-state index contributed by atoms with van der Waals surface area (Å²) in [4.78, 5) is 15.8. The van der Waals surface area contributed by atoms with Crippen molar-refractivity contribution in [3.63, 3.8) is 0 Å². The summed E-state index contributed by atoms with van der Waals surface area (Å²) in [5.74, 6) is -0.357. The van der Waals surface area contributed by atoms with E-state index in [0.717, 1.165) is 19.4 Å². The van der Waals surface area contributed by atoms with Crippen LogP contribution >= 0.6 is 11.3 Å². The highest BCUT2D eigenvalue weighted by Gasteiger charge is 2.29. The highest BCUT2D eigenvalue weighted by molar-refractivity contribution is 7.10. The van der Waals surface area contributed by atoms with E-state index in [-0.39, 0.29) is 17.8 Å². The zero-order valence-electron chi connectivity index (χ0n) is 12.5. The molecule has 1 amide bonds. The first-order valence-electron chi connectivity index (χ1n) is 7.50. The molecule has 2 aromatic rings. The van der Waals surface area contributed by atoms with Gasteiger partial charge in [0.2, 0.25) is 5.91 Å². The Hall–Kier alpha value is -1.94. The van der Waals surface area contributed by atoms with Crippen molar-refractivity contribution in [2.45, 2.75) is 25.8 Å². The van der Waals surface area contributed by atoms with Gasteiger partial charge in [0.05, 0.1) is 6.04 Å². The molecule has 4 heteroatoms. The molecule has 0 aliphatic carbocycles. The standard InChI is InChI=1S/C18H18FNOS/c1-2-16-14-10-12-22-17(14)9-11-20(16)18(21)8-7-13-5-3-4-6-15(13)19/h3-8,10,12,16H,2,9,11H2,1H3/b8-7+. The number of carbonyl (C=O) groups excluding carboxylic acids is 1. The van der Waals surface area contributed by atoms with E-state index in [4.69, 9.17) is 0 Å². The van der Waals surface area contributed by atoms with E-state index in [1.807, 2.05) is 4.90 Å². The molecule has 1 aliphatic rings. The van der Waals surface area contributed by atoms with Crippen LogP contribution in [0.15, 0.2) is 41.8 Å². The van der Waals surface area contributed by atoms with Crippen LogP contribution in [-0.4, -0.2) is 17.4 Å². The number of hydrogen-bond acceptors (Lipinski definition) is 2. The smallest absolute Gasteiger partial charge is 0.247 e. The van der Waals surface area contributed by atoms with Gasteiger partial charge in [-0.3, -0.25) is 4.79 Å². The van der Waals surface area contributed by atoms with Crippen LogP contribution in [0.5, 0.6) is 0 Å². The summed E-state index contributed by atoms with van der Waals surface area (Å²) < 4.78 is 13.6. The number of nitrogens with zero attached hydrogens (tertiary/aromatic N) is 1. The molecule has 114 valence electrons. The van der Waals surface area contributed by atoms with E-state index in [9.17, 15) is 9.18 Å². The third-order valence-corrected chi connectivity index (χ3v) is 5.07. The molecule has 0 spiro atoms. The molecule has 0 fully saturated rings. The van der Waals surface area contributed by atoms with Crippen molar-refractivity contribution in [2.24, 2.45) is 0 Å². The first-order chi connectivity index (χ1) is 10.7. The number of rotatable bonds is 3. The second kappa shape index (κ2) is 6.44. The number of benzene rings is 1. The van der Waals surface area contributed by atoms with Gasteiger partial charge in [0.15, 0.2) is 0 Å². The number of amides is 1. The third-order valence-electron chi connectivity index (χ3n) is 4.08. The molecule has 1 unspecified atom stereocenters. The zero-order chi connectivity index (χ0) is 15.5. The molecule has 2 nitrogen and oxygen atoms in total. The van der Waals surface area contributed by atoms with Crippen molar-refractivity contribution in [1.29, 1.82) is 0 Å². The van der Waals surface area contributed by atoms with E-state index in [1.54, 1.807) is 35.6 Å². The SMILES string of the molecule is CCC1c2ccsc2CCN1C(=O)/C=C/c1ccccc1F. The maximum atomic E-state index is 13.6. The number of thiophene rings is 1. The van der Waals surface area contributed by atoms with Gasteiger partial charge in [0, 0.05) is 23.1 Å². The molecule has 0 saturated carbocycles. The summed E-state index contributed by atoms with van der Waals surface area (Å²) in [6, 6.07) is 8.73. The minimum Gasteiger partial charge on any atom is -0.332 e. The quantitative estimate of drug-likeness (QED) is 0.767. The van der Waals surface area contributed by atoms with Crippen molar-refractivity contribution < 1.29 is 9.18 Å². The van der Waals surface area contributed by atoms with Gasteiger partial charge in [0.25, 0.3) is 0 Å². The first kappa shape index (κ1) is 15.0. The van der Waals surface area contributed by atoms with E-state index in [1.165, 1.54) is 22.6 Å². The third kappa shape index (κ3) is 2.83. The largest absolute Gasteiger partial charge is 0.332 e. The predicted molar refractivity (Wildman–Crippen MR) is 88.2 cm³/mol. The van der Waals surface area contributed by atoms with Crippen molar-refractivity contribution in [1.82, 2.24) is 4.90 Å². The fourth-order valence-electron chi connectivity index (χ4n) is 2.97. The Morgan fingerprint density at radius 3 is 3.00 bits per heavy atom. The molecule has 2 heterocycles. The molecule has 0 radical (unpaired) electrons. The summed E-state index contributed by atoms with van der Waals surface area (Å²) >= 11 is 1.76. The van der Waals surface area contributed by atoms with Crippen LogP contribution in [0.4, 0.5) is 4.39 Å². The fraction of sp³-hybridized carbons (Fsp3) is 0.278. The van der Waals surface area contributed by atoms with Crippen molar-refractivity contribution in [2.75, 3.05) is 6.54 Å². The van der Waals surface area contributed by atoms with E-state index >= 15 is 0 Å². The summed E-state index contributed by atoms with van der Waals surface area (Å²) in [5, 5.41) is 2.09. The van der Waals surface area contributed by atoms with Crippen LogP contribution in [0.25, 0.3) is 6.08 Å². The molecule has 3 rings (SSSR count). The van der Waals surface area contributed by atoms with E-state index in [2.05, 4.69) is 18.4 Å². The van der Waals surface area contributed by atoms with Crippen molar-refractivity contribution >= 4 is 23.3 Å². The van der Waals surface area contributed by atoms with Gasteiger partial charge in [0.1, 0.15) is 5.82 Å². The average Bonchev–Trinajstić information content (AvgIpc) is 3.01. The van der Waals surface area contributed by atoms with Crippen LogP contribution in [0.1, 0.15) is 35.4 Å². The Balaban J connectivity index is 1.79. The Kier molecular flexibility index (Phi) is 4.39. The minimum absolute atomic E-state index is 0.0491. The van der Waals surface area contributed by atoms with Crippen LogP contribution < -0.4 is 0 Å². The molecule has 0 N–H and O–H groups in total. The van der Waals surface area contributed by atoms with Gasteiger partial charge in [-0.25, -0.2) is 4.39 Å². The van der Waals surface area contributed by atoms with Gasteiger partial charge in [-0.2, -0.15) is 0 Å². The molecule has 1 aromatic carbocycles. The van der Waals surface area contributed by atoms with Crippen LogP contribution in [-0.2, 0) is 11.2 Å². The molecule has 0 saturated heterocycles. The Bertz CT molecular complexity index is 707. The van der Waals surface area contributed by atoms with Crippen LogP contribution in [0.3, 0.4) is 0 Å². The number of fused-ring (bicyclic) bond motifs is 1. The minimum atomic E-state index is -0.308. The first-order valence-corrected chi connectivity index (χ1v) is 8.38. The summed E-state index contributed by atoms with van der Waals surface area (Å²) in [6.45, 7) is 2.82. The van der Waals surface area contributed by atoms with Gasteiger partial charge >= 0.3 is 0 Å². The Morgan fingerprint density at radius 2 is 2.23 bits per heavy atom. The van der Waals surface area contributed by atoms with E-state index < -0.39 is 0 Å². The lowest BCUT2D eigenvalue weighted by molar-refractivity contribution is -0.128. The topological polar surface area (TPSA) is 20.3 Å². The van der Waals surface area contributed by atoms with Gasteiger partial charge < -0.3 is 4.90 Å². The molecule has 0 bridgehead atoms. The maximum absolute atomic E-state index is 13.6. The Morgan fingerprint density at radius 1 is 1.41 bits per heavy atom. The fourth-order valence-corrected chi connectivity index (χ4v) is 3.90. The van der Waals surface area contributed by atoms with Crippen molar-refractivity contribution in [3.8, 4) is 0 Å². The lowest BCUT2D eigenvalue weighted by atomic mass is 9.97. The molecule has 1 aromatic heterocycles. The van der Waals surface area contributed by atoms with Crippen LogP contribution in [0, 0.1) is 5.82 Å². The summed E-state index contributed by atoms with van der Waals surface area (Å²) in [5.41, 5.74) is 1.71. The molecule has 1 aliphatic heterocycles. The van der Waals surface area contributed by atoms with Gasteiger partial charge in [-0.1, -0.05) is 25.1 Å². The molecule has 22 heavy (non-hydrogen) atoms. The maximum Gasteiger partial charge on any atom is 0.247 e. The highest BCUT2D eigenvalue weighted by atomic mass is 32.1. The monoisotopic (exact) mass is 315 g/mol. The summed E-state index contributed by atoms with van der Waals surface area (Å²) in [7, 11) is 0. The second-order valence-electron chi connectivity index (χ2n) is 5.36. The molecule has 1 atom stereocenters. The van der Waals surface area contributed by atoms with Gasteiger partial charge in [-0.05, 0) is 42.0 Å². The lowest BCUT2D eigenvalue weighted by Gasteiger charge is -2.34. The normalized spacial score (nSPS) is 17.7. The second-order valence-corrected chi connectivity index (χ2v) is 6.36. The lowest BCUT2D eigenvalue weighted by Crippen LogP contribution is -2.38. The molecular formula is C18H18FNOS. The number of carbonyl (C=O) groups is 1. The highest BCUT2D eigenvalue weighted by Crippen LogP contribution is 2.35. The Labute approximate surface area is 133 Å². The average molecular weight is 315 g/mol. The number of halogens is 1. The summed E-state index contributed by atoms with van der Waals surface area (Å²) in [6.07, 6.45) is 4.84. The number of hydrogen-bond donors (Lipinski definition) is 0. The van der Waals surface area contributed by atoms with E-state index in [0.29, 0.717) is 5.56 Å². The molecular weight excluding hydrogens is 297 g/mol. The van der Waals surface area contributed by atoms with Gasteiger partial charge in [-0.15, -0.1) is 11.3 Å².